The lowest BCUT2D eigenvalue weighted by molar-refractivity contribution is -0.133. The standard InChI is InChI=1S/C30H56N2O3/c1-5-6-7-8-9-10-11-12-13-14-15-16-17-28(33)31-22-18-26(19-23-31)27-20-24-32(25-21-27)29(34)35-30(2,3)4/h26-27H,5-25H2,1-4H3. The lowest BCUT2D eigenvalue weighted by Crippen LogP contribution is -2.45. The third-order valence-electron chi connectivity index (χ3n) is 7.99. The first-order chi connectivity index (χ1) is 16.8. The van der Waals surface area contributed by atoms with Crippen LogP contribution in [0.25, 0.3) is 0 Å². The SMILES string of the molecule is CCCCCCCCCCCCCCC(=O)N1CCC(C2CCN(C(=O)OC(C)(C)C)CC2)CC1. The smallest absolute Gasteiger partial charge is 0.410 e. The van der Waals surface area contributed by atoms with Crippen molar-refractivity contribution in [2.24, 2.45) is 11.8 Å². The van der Waals surface area contributed by atoms with Crippen LogP contribution in [0.15, 0.2) is 0 Å². The Hall–Kier alpha value is -1.26. The van der Waals surface area contributed by atoms with Crippen molar-refractivity contribution in [1.82, 2.24) is 9.80 Å². The van der Waals surface area contributed by atoms with Crippen LogP contribution in [-0.4, -0.2) is 53.6 Å². The molecule has 2 fully saturated rings. The summed E-state index contributed by atoms with van der Waals surface area (Å²) in [4.78, 5) is 29.0. The number of hydrogen-bond acceptors (Lipinski definition) is 3. The molecule has 2 heterocycles. The van der Waals surface area contributed by atoms with E-state index in [9.17, 15) is 9.59 Å². The topological polar surface area (TPSA) is 49.9 Å². The summed E-state index contributed by atoms with van der Waals surface area (Å²) in [6, 6.07) is 0. The van der Waals surface area contributed by atoms with E-state index < -0.39 is 5.60 Å². The molecule has 2 aliphatic heterocycles. The number of carbonyl (C=O) groups is 2. The van der Waals surface area contributed by atoms with Crippen molar-refractivity contribution in [2.45, 2.75) is 142 Å². The van der Waals surface area contributed by atoms with Gasteiger partial charge >= 0.3 is 6.09 Å². The Labute approximate surface area is 216 Å². The van der Waals surface area contributed by atoms with Gasteiger partial charge in [0.25, 0.3) is 0 Å². The van der Waals surface area contributed by atoms with Gasteiger partial charge in [-0.05, 0) is 64.7 Å². The molecule has 204 valence electrons. The maximum absolute atomic E-state index is 12.7. The molecule has 0 atom stereocenters. The second-order valence-corrected chi connectivity index (χ2v) is 12.2. The van der Waals surface area contributed by atoms with E-state index >= 15 is 0 Å². The maximum Gasteiger partial charge on any atom is 0.410 e. The van der Waals surface area contributed by atoms with Crippen LogP contribution in [0, 0.1) is 11.8 Å². The maximum atomic E-state index is 12.7. The highest BCUT2D eigenvalue weighted by Gasteiger charge is 2.33. The fraction of sp³-hybridized carbons (Fsp3) is 0.933. The van der Waals surface area contributed by atoms with Gasteiger partial charge in [-0.15, -0.1) is 0 Å². The monoisotopic (exact) mass is 492 g/mol. The molecule has 2 aliphatic rings. The van der Waals surface area contributed by atoms with Gasteiger partial charge in [0.1, 0.15) is 5.60 Å². The molecule has 5 heteroatoms. The lowest BCUT2D eigenvalue weighted by Gasteiger charge is -2.40. The van der Waals surface area contributed by atoms with E-state index in [0.717, 1.165) is 64.7 Å². The molecule has 2 saturated heterocycles. The number of unbranched alkanes of at least 4 members (excludes halogenated alkanes) is 11. The number of piperidine rings is 2. The third-order valence-corrected chi connectivity index (χ3v) is 7.99. The largest absolute Gasteiger partial charge is 0.444 e. The van der Waals surface area contributed by atoms with Gasteiger partial charge in [-0.3, -0.25) is 4.79 Å². The molecule has 35 heavy (non-hydrogen) atoms. The van der Waals surface area contributed by atoms with Crippen LogP contribution in [-0.2, 0) is 9.53 Å². The van der Waals surface area contributed by atoms with Crippen LogP contribution in [0.5, 0.6) is 0 Å². The number of carbonyl (C=O) groups excluding carboxylic acids is 2. The fourth-order valence-electron chi connectivity index (χ4n) is 5.78. The Morgan fingerprint density at radius 2 is 1.06 bits per heavy atom. The van der Waals surface area contributed by atoms with E-state index in [2.05, 4.69) is 11.8 Å². The highest BCUT2D eigenvalue weighted by atomic mass is 16.6. The molecule has 0 aromatic heterocycles. The van der Waals surface area contributed by atoms with E-state index in [4.69, 9.17) is 4.74 Å². The summed E-state index contributed by atoms with van der Waals surface area (Å²) in [6.07, 6.45) is 21.0. The number of nitrogens with zero attached hydrogens (tertiary/aromatic N) is 2. The van der Waals surface area contributed by atoms with Gasteiger partial charge in [0.2, 0.25) is 5.91 Å². The summed E-state index contributed by atoms with van der Waals surface area (Å²) in [6.45, 7) is 11.5. The first kappa shape index (κ1) is 30.0. The van der Waals surface area contributed by atoms with E-state index in [1.807, 2.05) is 25.7 Å². The zero-order chi connectivity index (χ0) is 25.5. The fourth-order valence-corrected chi connectivity index (χ4v) is 5.78. The Morgan fingerprint density at radius 3 is 1.49 bits per heavy atom. The second-order valence-electron chi connectivity index (χ2n) is 12.2. The molecule has 0 saturated carbocycles. The molecular formula is C30H56N2O3. The number of amides is 2. The van der Waals surface area contributed by atoms with Crippen molar-refractivity contribution in [3.63, 3.8) is 0 Å². The van der Waals surface area contributed by atoms with Gasteiger partial charge in [0, 0.05) is 32.6 Å². The quantitative estimate of drug-likeness (QED) is 0.231. The van der Waals surface area contributed by atoms with Crippen LogP contribution < -0.4 is 0 Å². The van der Waals surface area contributed by atoms with Crippen molar-refractivity contribution in [3.05, 3.63) is 0 Å². The first-order valence-corrected chi connectivity index (χ1v) is 15.1. The van der Waals surface area contributed by atoms with Crippen LogP contribution in [0.3, 0.4) is 0 Å². The predicted molar refractivity (Wildman–Crippen MR) is 146 cm³/mol. The molecule has 0 N–H and O–H groups in total. The Morgan fingerprint density at radius 1 is 0.657 bits per heavy atom. The molecule has 0 radical (unpaired) electrons. The molecule has 0 unspecified atom stereocenters. The zero-order valence-corrected chi connectivity index (χ0v) is 23.6. The van der Waals surface area contributed by atoms with Crippen LogP contribution in [0.2, 0.25) is 0 Å². The molecule has 2 amide bonds. The summed E-state index contributed by atoms with van der Waals surface area (Å²) < 4.78 is 5.53. The van der Waals surface area contributed by atoms with E-state index in [-0.39, 0.29) is 6.09 Å². The van der Waals surface area contributed by atoms with Gasteiger partial charge < -0.3 is 14.5 Å². The number of hydrogen-bond donors (Lipinski definition) is 0. The minimum Gasteiger partial charge on any atom is -0.444 e. The Kier molecular flexibility index (Phi) is 14.1. The highest BCUT2D eigenvalue weighted by Crippen LogP contribution is 2.33. The molecule has 2 rings (SSSR count). The molecular weight excluding hydrogens is 436 g/mol. The van der Waals surface area contributed by atoms with E-state index in [1.165, 1.54) is 70.6 Å². The molecule has 0 aliphatic carbocycles. The van der Waals surface area contributed by atoms with Crippen molar-refractivity contribution >= 4 is 12.0 Å². The van der Waals surface area contributed by atoms with Gasteiger partial charge in [0.05, 0.1) is 0 Å². The van der Waals surface area contributed by atoms with Gasteiger partial charge in [-0.2, -0.15) is 0 Å². The average Bonchev–Trinajstić information content (AvgIpc) is 2.84. The lowest BCUT2D eigenvalue weighted by atomic mass is 9.79. The Balaban J connectivity index is 1.48. The Bertz CT molecular complexity index is 585. The minimum absolute atomic E-state index is 0.172. The van der Waals surface area contributed by atoms with Crippen LogP contribution in [0.4, 0.5) is 4.79 Å². The summed E-state index contributed by atoms with van der Waals surface area (Å²) >= 11 is 0. The predicted octanol–water partition coefficient (Wildman–Crippen LogP) is 7.96. The normalized spacial score (nSPS) is 18.2. The third kappa shape index (κ3) is 12.5. The van der Waals surface area contributed by atoms with Gasteiger partial charge in [-0.1, -0.05) is 77.6 Å². The molecule has 0 aromatic rings. The molecule has 0 aromatic carbocycles. The zero-order valence-electron chi connectivity index (χ0n) is 23.6. The van der Waals surface area contributed by atoms with Crippen molar-refractivity contribution in [3.8, 4) is 0 Å². The summed E-state index contributed by atoms with van der Waals surface area (Å²) in [5, 5.41) is 0. The summed E-state index contributed by atoms with van der Waals surface area (Å²) in [7, 11) is 0. The van der Waals surface area contributed by atoms with Crippen LogP contribution in [0.1, 0.15) is 137 Å². The summed E-state index contributed by atoms with van der Waals surface area (Å²) in [5.74, 6) is 1.75. The number of ether oxygens (including phenoxy) is 1. The number of rotatable bonds is 14. The van der Waals surface area contributed by atoms with Crippen LogP contribution >= 0.6 is 0 Å². The van der Waals surface area contributed by atoms with Crippen molar-refractivity contribution < 1.29 is 14.3 Å². The van der Waals surface area contributed by atoms with Gasteiger partial charge in [0.15, 0.2) is 0 Å². The minimum atomic E-state index is -0.430. The average molecular weight is 493 g/mol. The molecule has 0 bridgehead atoms. The van der Waals surface area contributed by atoms with E-state index in [1.54, 1.807) is 0 Å². The second kappa shape index (κ2) is 16.5. The van der Waals surface area contributed by atoms with Crippen molar-refractivity contribution in [2.75, 3.05) is 26.2 Å². The van der Waals surface area contributed by atoms with Gasteiger partial charge in [-0.25, -0.2) is 4.79 Å². The first-order valence-electron chi connectivity index (χ1n) is 15.1. The summed E-state index contributed by atoms with van der Waals surface area (Å²) in [5.41, 5.74) is -0.430. The van der Waals surface area contributed by atoms with E-state index in [0.29, 0.717) is 17.7 Å². The van der Waals surface area contributed by atoms with Crippen molar-refractivity contribution in [1.29, 1.82) is 0 Å². The highest BCUT2D eigenvalue weighted by molar-refractivity contribution is 5.76. The molecule has 0 spiro atoms. The molecule has 5 nitrogen and oxygen atoms in total. The number of likely N-dealkylation sites (tertiary alicyclic amines) is 2.